The Balaban J connectivity index is 2.17. The van der Waals surface area contributed by atoms with Gasteiger partial charge in [0, 0.05) is 12.0 Å². The number of hydrogen-bond donors (Lipinski definition) is 1. The zero-order valence-electron chi connectivity index (χ0n) is 10.5. The maximum atomic E-state index is 10.4. The summed E-state index contributed by atoms with van der Waals surface area (Å²) in [5.74, 6) is 1.61. The van der Waals surface area contributed by atoms with Gasteiger partial charge < -0.3 is 14.6 Å². The maximum Gasteiger partial charge on any atom is 0.175 e. The van der Waals surface area contributed by atoms with Crippen molar-refractivity contribution >= 4 is 15.9 Å². The van der Waals surface area contributed by atoms with E-state index in [1.165, 1.54) is 0 Å². The minimum Gasteiger partial charge on any atom is -0.489 e. The summed E-state index contributed by atoms with van der Waals surface area (Å²) in [7, 11) is 0. The van der Waals surface area contributed by atoms with Crippen molar-refractivity contribution in [3.05, 3.63) is 21.7 Å². The third-order valence-electron chi connectivity index (χ3n) is 3.65. The van der Waals surface area contributed by atoms with Gasteiger partial charge in [-0.05, 0) is 46.8 Å². The Morgan fingerprint density at radius 1 is 1.28 bits per heavy atom. The number of fused-ring (bicyclic) bond motifs is 1. The third kappa shape index (κ3) is 1.91. The highest BCUT2D eigenvalue weighted by Gasteiger charge is 2.45. The molecule has 1 saturated carbocycles. The van der Waals surface area contributed by atoms with Crippen LogP contribution in [0.4, 0.5) is 0 Å². The lowest BCUT2D eigenvalue weighted by atomic mass is 9.97. The number of benzene rings is 1. The zero-order valence-corrected chi connectivity index (χ0v) is 12.0. The van der Waals surface area contributed by atoms with E-state index in [2.05, 4.69) is 22.9 Å². The van der Waals surface area contributed by atoms with E-state index in [9.17, 15) is 5.11 Å². The predicted octanol–water partition coefficient (Wildman–Crippen LogP) is 3.15. The summed E-state index contributed by atoms with van der Waals surface area (Å²) in [6.07, 6.45) is 3.42. The van der Waals surface area contributed by atoms with Gasteiger partial charge in [-0.1, -0.05) is 6.92 Å². The van der Waals surface area contributed by atoms with E-state index in [0.29, 0.717) is 13.2 Å². The molecule has 0 atom stereocenters. The standard InChI is InChI=1S/C14H17BrO3/c1-2-9-10(14(16)4-5-14)8-11(15)13-12(9)17-6-3-7-18-13/h8,16H,2-7H2,1H3. The van der Waals surface area contributed by atoms with Crippen molar-refractivity contribution in [1.29, 1.82) is 0 Å². The quantitative estimate of drug-likeness (QED) is 0.911. The first-order chi connectivity index (χ1) is 8.65. The summed E-state index contributed by atoms with van der Waals surface area (Å²) >= 11 is 3.54. The molecule has 98 valence electrons. The highest BCUT2D eigenvalue weighted by Crippen LogP contribution is 2.52. The largest absolute Gasteiger partial charge is 0.489 e. The van der Waals surface area contributed by atoms with Crippen LogP contribution in [0.25, 0.3) is 0 Å². The van der Waals surface area contributed by atoms with E-state index < -0.39 is 5.60 Å². The van der Waals surface area contributed by atoms with Crippen LogP contribution in [0.1, 0.15) is 37.3 Å². The average molecular weight is 313 g/mol. The Morgan fingerprint density at radius 3 is 2.56 bits per heavy atom. The van der Waals surface area contributed by atoms with Crippen LogP contribution in [0.5, 0.6) is 11.5 Å². The van der Waals surface area contributed by atoms with Crippen molar-refractivity contribution in [2.24, 2.45) is 0 Å². The van der Waals surface area contributed by atoms with Gasteiger partial charge in [0.05, 0.1) is 23.3 Å². The molecule has 0 unspecified atom stereocenters. The molecule has 0 radical (unpaired) electrons. The molecule has 1 fully saturated rings. The van der Waals surface area contributed by atoms with E-state index in [1.54, 1.807) is 0 Å². The molecule has 0 bridgehead atoms. The number of halogens is 1. The highest BCUT2D eigenvalue weighted by atomic mass is 79.9. The summed E-state index contributed by atoms with van der Waals surface area (Å²) < 4.78 is 12.5. The minimum absolute atomic E-state index is 0.640. The fourth-order valence-electron chi connectivity index (χ4n) is 2.50. The summed E-state index contributed by atoms with van der Waals surface area (Å²) in [5, 5.41) is 10.4. The molecule has 1 heterocycles. The zero-order chi connectivity index (χ0) is 12.8. The average Bonchev–Trinajstić information content (AvgIpc) is 3.13. The van der Waals surface area contributed by atoms with Gasteiger partial charge in [0.25, 0.3) is 0 Å². The smallest absolute Gasteiger partial charge is 0.175 e. The number of hydrogen-bond acceptors (Lipinski definition) is 3. The Morgan fingerprint density at radius 2 is 1.94 bits per heavy atom. The minimum atomic E-state index is -0.640. The normalized spacial score (nSPS) is 20.4. The SMILES string of the molecule is CCc1c(C2(O)CC2)cc(Br)c2c1OCCCO2. The van der Waals surface area contributed by atoms with E-state index in [0.717, 1.165) is 52.8 Å². The van der Waals surface area contributed by atoms with Crippen LogP contribution in [-0.4, -0.2) is 18.3 Å². The number of ether oxygens (including phenoxy) is 2. The molecule has 0 spiro atoms. The van der Waals surface area contributed by atoms with Gasteiger partial charge in [0.15, 0.2) is 11.5 Å². The highest BCUT2D eigenvalue weighted by molar-refractivity contribution is 9.10. The van der Waals surface area contributed by atoms with Crippen LogP contribution in [0, 0.1) is 0 Å². The van der Waals surface area contributed by atoms with Crippen LogP contribution in [0.15, 0.2) is 10.5 Å². The molecule has 2 aliphatic rings. The topological polar surface area (TPSA) is 38.7 Å². The molecule has 1 aromatic carbocycles. The van der Waals surface area contributed by atoms with E-state index in [-0.39, 0.29) is 0 Å². The molecular formula is C14H17BrO3. The molecule has 3 rings (SSSR count). The first-order valence-corrected chi connectivity index (χ1v) is 7.29. The lowest BCUT2D eigenvalue weighted by Gasteiger charge is -2.20. The number of aliphatic hydroxyl groups is 1. The van der Waals surface area contributed by atoms with Crippen LogP contribution in [0.3, 0.4) is 0 Å². The van der Waals surface area contributed by atoms with Gasteiger partial charge >= 0.3 is 0 Å². The Hall–Kier alpha value is -0.740. The Kier molecular flexibility index (Phi) is 3.02. The molecular weight excluding hydrogens is 296 g/mol. The summed E-state index contributed by atoms with van der Waals surface area (Å²) in [6, 6.07) is 2.00. The van der Waals surface area contributed by atoms with Gasteiger partial charge in [0.1, 0.15) is 0 Å². The van der Waals surface area contributed by atoms with Crippen LogP contribution >= 0.6 is 15.9 Å². The summed E-state index contributed by atoms with van der Waals surface area (Å²) in [5.41, 5.74) is 1.45. The van der Waals surface area contributed by atoms with E-state index >= 15 is 0 Å². The van der Waals surface area contributed by atoms with Crippen LogP contribution in [0.2, 0.25) is 0 Å². The van der Waals surface area contributed by atoms with Gasteiger partial charge in [-0.2, -0.15) is 0 Å². The molecule has 1 aromatic rings. The lowest BCUT2D eigenvalue weighted by Crippen LogP contribution is -2.10. The van der Waals surface area contributed by atoms with Crippen molar-refractivity contribution in [1.82, 2.24) is 0 Å². The molecule has 3 nitrogen and oxygen atoms in total. The second kappa shape index (κ2) is 4.42. The van der Waals surface area contributed by atoms with Gasteiger partial charge in [0.2, 0.25) is 0 Å². The second-order valence-electron chi connectivity index (χ2n) is 4.98. The summed E-state index contributed by atoms with van der Waals surface area (Å²) in [4.78, 5) is 0. The Labute approximate surface area is 115 Å². The predicted molar refractivity (Wildman–Crippen MR) is 72.3 cm³/mol. The van der Waals surface area contributed by atoms with Crippen molar-refractivity contribution in [3.63, 3.8) is 0 Å². The fraction of sp³-hybridized carbons (Fsp3) is 0.571. The second-order valence-corrected chi connectivity index (χ2v) is 5.83. The van der Waals surface area contributed by atoms with Crippen LogP contribution < -0.4 is 9.47 Å². The first kappa shape index (κ1) is 12.3. The Bertz CT molecular complexity index is 480. The first-order valence-electron chi connectivity index (χ1n) is 6.49. The maximum absolute atomic E-state index is 10.4. The summed E-state index contributed by atoms with van der Waals surface area (Å²) in [6.45, 7) is 3.44. The molecule has 4 heteroatoms. The number of rotatable bonds is 2. The molecule has 1 aliphatic carbocycles. The van der Waals surface area contributed by atoms with Crippen molar-refractivity contribution in [2.75, 3.05) is 13.2 Å². The van der Waals surface area contributed by atoms with Crippen molar-refractivity contribution in [2.45, 2.75) is 38.2 Å². The van der Waals surface area contributed by atoms with E-state index in [1.807, 2.05) is 6.07 Å². The van der Waals surface area contributed by atoms with Gasteiger partial charge in [-0.25, -0.2) is 0 Å². The van der Waals surface area contributed by atoms with Gasteiger partial charge in [-0.3, -0.25) is 0 Å². The van der Waals surface area contributed by atoms with Gasteiger partial charge in [-0.15, -0.1) is 0 Å². The molecule has 0 amide bonds. The van der Waals surface area contributed by atoms with E-state index in [4.69, 9.17) is 9.47 Å². The molecule has 1 aliphatic heterocycles. The lowest BCUT2D eigenvalue weighted by molar-refractivity contribution is 0.149. The monoisotopic (exact) mass is 312 g/mol. The van der Waals surface area contributed by atoms with Crippen LogP contribution in [-0.2, 0) is 12.0 Å². The van der Waals surface area contributed by atoms with Crippen molar-refractivity contribution in [3.8, 4) is 11.5 Å². The third-order valence-corrected chi connectivity index (χ3v) is 4.24. The molecule has 18 heavy (non-hydrogen) atoms. The molecule has 0 aromatic heterocycles. The fourth-order valence-corrected chi connectivity index (χ4v) is 3.02. The van der Waals surface area contributed by atoms with Crippen molar-refractivity contribution < 1.29 is 14.6 Å². The molecule has 1 N–H and O–H groups in total. The molecule has 0 saturated heterocycles.